The van der Waals surface area contributed by atoms with Gasteiger partial charge in [-0.2, -0.15) is 0 Å². The fourth-order valence-corrected chi connectivity index (χ4v) is 2.37. The molecule has 0 radical (unpaired) electrons. The van der Waals surface area contributed by atoms with Crippen molar-refractivity contribution in [3.63, 3.8) is 0 Å². The second kappa shape index (κ2) is 5.49. The van der Waals surface area contributed by atoms with E-state index in [1.54, 1.807) is 0 Å². The number of ether oxygens (including phenoxy) is 1. The smallest absolute Gasteiger partial charge is 0.342 e. The SMILES string of the molecule is CS(=O)(=O)c1cccnc1Oc1cccc(F)c1C(=O)O. The number of halogens is 1. The molecular weight excluding hydrogens is 301 g/mol. The average Bonchev–Trinajstić information content (AvgIpc) is 2.37. The van der Waals surface area contributed by atoms with Crippen LogP contribution in [0.25, 0.3) is 0 Å². The summed E-state index contributed by atoms with van der Waals surface area (Å²) in [5, 5.41) is 9.00. The van der Waals surface area contributed by atoms with E-state index in [1.807, 2.05) is 0 Å². The summed E-state index contributed by atoms with van der Waals surface area (Å²) < 4.78 is 42.0. The highest BCUT2D eigenvalue weighted by Crippen LogP contribution is 2.30. The molecule has 2 rings (SSSR count). The highest BCUT2D eigenvalue weighted by atomic mass is 32.2. The summed E-state index contributed by atoms with van der Waals surface area (Å²) in [6.07, 6.45) is 2.24. The van der Waals surface area contributed by atoms with Gasteiger partial charge in [0.15, 0.2) is 9.84 Å². The maximum Gasteiger partial charge on any atom is 0.342 e. The number of sulfone groups is 1. The molecule has 1 N–H and O–H groups in total. The maximum absolute atomic E-state index is 13.5. The summed E-state index contributed by atoms with van der Waals surface area (Å²) in [5.74, 6) is -3.16. The minimum atomic E-state index is -3.63. The molecule has 1 aromatic heterocycles. The summed E-state index contributed by atoms with van der Waals surface area (Å²) in [7, 11) is -3.63. The van der Waals surface area contributed by atoms with Crippen LogP contribution in [0, 0.1) is 5.82 Å². The van der Waals surface area contributed by atoms with Crippen LogP contribution in [-0.4, -0.2) is 30.7 Å². The summed E-state index contributed by atoms with van der Waals surface area (Å²) >= 11 is 0. The monoisotopic (exact) mass is 311 g/mol. The van der Waals surface area contributed by atoms with Crippen LogP contribution in [0.2, 0.25) is 0 Å². The molecule has 21 heavy (non-hydrogen) atoms. The Morgan fingerprint density at radius 1 is 1.29 bits per heavy atom. The van der Waals surface area contributed by atoms with Gasteiger partial charge in [-0.3, -0.25) is 0 Å². The third kappa shape index (κ3) is 3.16. The van der Waals surface area contributed by atoms with E-state index in [4.69, 9.17) is 9.84 Å². The number of carboxylic acid groups (broad SMARTS) is 1. The first-order valence-corrected chi connectivity index (χ1v) is 7.54. The lowest BCUT2D eigenvalue weighted by Gasteiger charge is -2.10. The van der Waals surface area contributed by atoms with Gasteiger partial charge in [0.1, 0.15) is 22.0 Å². The molecule has 0 bridgehead atoms. The van der Waals surface area contributed by atoms with Crippen LogP contribution in [0.3, 0.4) is 0 Å². The average molecular weight is 311 g/mol. The Morgan fingerprint density at radius 3 is 2.62 bits per heavy atom. The van der Waals surface area contributed by atoms with E-state index in [0.717, 1.165) is 12.3 Å². The number of rotatable bonds is 4. The van der Waals surface area contributed by atoms with E-state index in [9.17, 15) is 17.6 Å². The molecule has 0 aliphatic carbocycles. The van der Waals surface area contributed by atoms with Crippen molar-refractivity contribution in [3.8, 4) is 11.6 Å². The Kier molecular flexibility index (Phi) is 3.90. The molecule has 0 saturated heterocycles. The standard InChI is InChI=1S/C13H10FNO5S/c1-21(18,19)10-6-3-7-15-12(10)20-9-5-2-4-8(14)11(9)13(16)17/h2-7H,1H3,(H,16,17). The lowest BCUT2D eigenvalue weighted by atomic mass is 10.2. The number of aromatic carboxylic acids is 1. The Morgan fingerprint density at radius 2 is 2.00 bits per heavy atom. The second-order valence-corrected chi connectivity index (χ2v) is 6.08. The first kappa shape index (κ1) is 14.9. The fourth-order valence-electron chi connectivity index (χ4n) is 1.64. The van der Waals surface area contributed by atoms with Crippen molar-refractivity contribution < 1.29 is 27.4 Å². The van der Waals surface area contributed by atoms with Crippen LogP contribution in [-0.2, 0) is 9.84 Å². The normalized spacial score (nSPS) is 11.1. The zero-order chi connectivity index (χ0) is 15.6. The summed E-state index contributed by atoms with van der Waals surface area (Å²) in [4.78, 5) is 14.6. The fraction of sp³-hybridized carbons (Fsp3) is 0.0769. The molecule has 0 amide bonds. The number of carbonyl (C=O) groups is 1. The first-order valence-electron chi connectivity index (χ1n) is 5.65. The number of hydrogen-bond acceptors (Lipinski definition) is 5. The highest BCUT2D eigenvalue weighted by Gasteiger charge is 2.21. The van der Waals surface area contributed by atoms with Gasteiger partial charge in [-0.05, 0) is 24.3 Å². The van der Waals surface area contributed by atoms with Gasteiger partial charge < -0.3 is 9.84 Å². The predicted molar refractivity (Wildman–Crippen MR) is 70.8 cm³/mol. The Labute approximate surface area is 119 Å². The van der Waals surface area contributed by atoms with E-state index in [1.165, 1.54) is 30.5 Å². The summed E-state index contributed by atoms with van der Waals surface area (Å²) in [6, 6.07) is 6.09. The van der Waals surface area contributed by atoms with Crippen LogP contribution < -0.4 is 4.74 Å². The van der Waals surface area contributed by atoms with Gasteiger partial charge in [0.05, 0.1) is 0 Å². The Hall–Kier alpha value is -2.48. The minimum absolute atomic E-state index is 0.217. The topological polar surface area (TPSA) is 93.6 Å². The lowest BCUT2D eigenvalue weighted by molar-refractivity contribution is 0.0689. The molecule has 1 heterocycles. The maximum atomic E-state index is 13.5. The molecule has 0 fully saturated rings. The highest BCUT2D eigenvalue weighted by molar-refractivity contribution is 7.90. The number of benzene rings is 1. The number of nitrogens with zero attached hydrogens (tertiary/aromatic N) is 1. The Bertz CT molecular complexity index is 804. The summed E-state index contributed by atoms with van der Waals surface area (Å²) in [6.45, 7) is 0. The van der Waals surface area contributed by atoms with E-state index >= 15 is 0 Å². The molecule has 0 aliphatic rings. The van der Waals surface area contributed by atoms with E-state index in [2.05, 4.69) is 4.98 Å². The molecule has 0 atom stereocenters. The Balaban J connectivity index is 2.55. The van der Waals surface area contributed by atoms with Gasteiger partial charge in [-0.25, -0.2) is 22.6 Å². The van der Waals surface area contributed by atoms with Crippen molar-refractivity contribution in [2.45, 2.75) is 4.90 Å². The van der Waals surface area contributed by atoms with E-state index in [0.29, 0.717) is 0 Å². The lowest BCUT2D eigenvalue weighted by Crippen LogP contribution is -2.06. The quantitative estimate of drug-likeness (QED) is 0.929. The van der Waals surface area contributed by atoms with Crippen molar-refractivity contribution in [2.75, 3.05) is 6.26 Å². The van der Waals surface area contributed by atoms with Crippen molar-refractivity contribution >= 4 is 15.8 Å². The second-order valence-electron chi connectivity index (χ2n) is 4.10. The van der Waals surface area contributed by atoms with Crippen molar-refractivity contribution in [1.82, 2.24) is 4.98 Å². The minimum Gasteiger partial charge on any atom is -0.477 e. The van der Waals surface area contributed by atoms with Gasteiger partial charge in [0, 0.05) is 12.5 Å². The van der Waals surface area contributed by atoms with Gasteiger partial charge >= 0.3 is 5.97 Å². The van der Waals surface area contributed by atoms with Crippen LogP contribution >= 0.6 is 0 Å². The van der Waals surface area contributed by atoms with E-state index < -0.39 is 27.2 Å². The number of carboxylic acids is 1. The molecule has 6 nitrogen and oxygen atoms in total. The molecule has 110 valence electrons. The molecule has 2 aromatic rings. The molecule has 0 spiro atoms. The summed E-state index contributed by atoms with van der Waals surface area (Å²) in [5.41, 5.74) is -0.692. The van der Waals surface area contributed by atoms with Gasteiger partial charge in [-0.15, -0.1) is 0 Å². The molecule has 0 saturated carbocycles. The van der Waals surface area contributed by atoms with Crippen molar-refractivity contribution in [3.05, 3.63) is 47.9 Å². The molecule has 8 heteroatoms. The third-order valence-electron chi connectivity index (χ3n) is 2.53. The van der Waals surface area contributed by atoms with Gasteiger partial charge in [0.25, 0.3) is 0 Å². The van der Waals surface area contributed by atoms with Crippen LogP contribution in [0.5, 0.6) is 11.6 Å². The molecule has 0 aliphatic heterocycles. The number of hydrogen-bond donors (Lipinski definition) is 1. The zero-order valence-electron chi connectivity index (χ0n) is 10.8. The number of pyridine rings is 1. The number of aromatic nitrogens is 1. The predicted octanol–water partition coefficient (Wildman–Crippen LogP) is 2.11. The van der Waals surface area contributed by atoms with Gasteiger partial charge in [0.2, 0.25) is 5.88 Å². The van der Waals surface area contributed by atoms with Crippen LogP contribution in [0.1, 0.15) is 10.4 Å². The van der Waals surface area contributed by atoms with E-state index in [-0.39, 0.29) is 16.5 Å². The first-order chi connectivity index (χ1) is 9.80. The molecule has 0 unspecified atom stereocenters. The molecule has 1 aromatic carbocycles. The van der Waals surface area contributed by atoms with Crippen LogP contribution in [0.4, 0.5) is 4.39 Å². The van der Waals surface area contributed by atoms with Crippen molar-refractivity contribution in [1.29, 1.82) is 0 Å². The van der Waals surface area contributed by atoms with Crippen molar-refractivity contribution in [2.24, 2.45) is 0 Å². The largest absolute Gasteiger partial charge is 0.477 e. The third-order valence-corrected chi connectivity index (χ3v) is 3.64. The molecular formula is C13H10FNO5S. The zero-order valence-corrected chi connectivity index (χ0v) is 11.6. The van der Waals surface area contributed by atoms with Crippen LogP contribution in [0.15, 0.2) is 41.4 Å². The van der Waals surface area contributed by atoms with Gasteiger partial charge in [-0.1, -0.05) is 6.07 Å².